The van der Waals surface area contributed by atoms with Gasteiger partial charge in [0.2, 0.25) is 0 Å². The molecule has 2 aromatic rings. The van der Waals surface area contributed by atoms with Crippen LogP contribution in [0.25, 0.3) is 0 Å². The number of para-hydroxylation sites is 1. The van der Waals surface area contributed by atoms with Crippen molar-refractivity contribution in [1.29, 1.82) is 0 Å². The molecule has 2 fully saturated rings. The second kappa shape index (κ2) is 8.52. The van der Waals surface area contributed by atoms with Crippen LogP contribution in [0.15, 0.2) is 54.6 Å². The van der Waals surface area contributed by atoms with E-state index in [-0.39, 0.29) is 18.3 Å². The van der Waals surface area contributed by atoms with Crippen LogP contribution in [0.1, 0.15) is 12.8 Å². The lowest BCUT2D eigenvalue weighted by Gasteiger charge is -2.33. The zero-order chi connectivity index (χ0) is 19.3. The summed E-state index contributed by atoms with van der Waals surface area (Å²) in [7, 11) is 1.63. The summed E-state index contributed by atoms with van der Waals surface area (Å²) in [5.41, 5.74) is 0.836. The maximum atomic E-state index is 12.3. The van der Waals surface area contributed by atoms with Crippen molar-refractivity contribution in [1.82, 2.24) is 4.90 Å². The fraction of sp³-hybridized carbons (Fsp3) is 0.409. The number of cyclic esters (lactones) is 1. The number of methoxy groups -OCH3 is 1. The van der Waals surface area contributed by atoms with E-state index in [1.807, 2.05) is 54.6 Å². The standard InChI is InChI=1S/C22H26N2O4/c1-26-18-9-7-17(8-10-18)24-16-21(28-22(24)25)15-23-13-11-20(12-14-23)27-19-5-3-2-4-6-19/h2-10,20-21H,11-16H2,1H3. The van der Waals surface area contributed by atoms with Crippen LogP contribution in [0.5, 0.6) is 11.5 Å². The molecule has 1 amide bonds. The molecule has 0 radical (unpaired) electrons. The molecular formula is C22H26N2O4. The van der Waals surface area contributed by atoms with Crippen molar-refractivity contribution >= 4 is 11.8 Å². The molecule has 6 heteroatoms. The summed E-state index contributed by atoms with van der Waals surface area (Å²) in [5.74, 6) is 1.70. The average Bonchev–Trinajstić information content (AvgIpc) is 3.10. The van der Waals surface area contributed by atoms with Crippen molar-refractivity contribution in [2.75, 3.05) is 38.2 Å². The number of nitrogens with zero attached hydrogens (tertiary/aromatic N) is 2. The maximum Gasteiger partial charge on any atom is 0.414 e. The van der Waals surface area contributed by atoms with Crippen LogP contribution in [-0.2, 0) is 4.74 Å². The van der Waals surface area contributed by atoms with Gasteiger partial charge in [0.15, 0.2) is 0 Å². The Morgan fingerprint density at radius 1 is 1.00 bits per heavy atom. The Balaban J connectivity index is 1.26. The van der Waals surface area contributed by atoms with E-state index in [1.165, 1.54) is 0 Å². The Morgan fingerprint density at radius 3 is 2.39 bits per heavy atom. The van der Waals surface area contributed by atoms with E-state index in [0.717, 1.165) is 49.7 Å². The third-order valence-corrected chi connectivity index (χ3v) is 5.30. The van der Waals surface area contributed by atoms with Crippen LogP contribution in [0.4, 0.5) is 10.5 Å². The highest BCUT2D eigenvalue weighted by Gasteiger charge is 2.34. The van der Waals surface area contributed by atoms with E-state index in [0.29, 0.717) is 6.54 Å². The van der Waals surface area contributed by atoms with E-state index >= 15 is 0 Å². The zero-order valence-corrected chi connectivity index (χ0v) is 16.1. The second-order valence-electron chi connectivity index (χ2n) is 7.25. The minimum atomic E-state index is -0.280. The molecule has 1 unspecified atom stereocenters. The number of amides is 1. The second-order valence-corrected chi connectivity index (χ2v) is 7.25. The molecule has 2 heterocycles. The molecule has 0 N–H and O–H groups in total. The third-order valence-electron chi connectivity index (χ3n) is 5.30. The van der Waals surface area contributed by atoms with Crippen molar-refractivity contribution in [3.8, 4) is 11.5 Å². The van der Waals surface area contributed by atoms with Gasteiger partial charge in [0.1, 0.15) is 23.7 Å². The molecule has 148 valence electrons. The van der Waals surface area contributed by atoms with E-state index in [4.69, 9.17) is 14.2 Å². The predicted molar refractivity (Wildman–Crippen MR) is 107 cm³/mol. The van der Waals surface area contributed by atoms with E-state index in [9.17, 15) is 4.79 Å². The summed E-state index contributed by atoms with van der Waals surface area (Å²) in [6, 6.07) is 17.5. The van der Waals surface area contributed by atoms with Crippen LogP contribution in [0.3, 0.4) is 0 Å². The first-order valence-corrected chi connectivity index (χ1v) is 9.77. The van der Waals surface area contributed by atoms with Crippen molar-refractivity contribution in [3.05, 3.63) is 54.6 Å². The van der Waals surface area contributed by atoms with Crippen LogP contribution in [0, 0.1) is 0 Å². The van der Waals surface area contributed by atoms with E-state index < -0.39 is 0 Å². The van der Waals surface area contributed by atoms with Gasteiger partial charge in [-0.05, 0) is 49.2 Å². The summed E-state index contributed by atoms with van der Waals surface area (Å²) in [6.45, 7) is 3.24. The molecule has 2 aliphatic heterocycles. The summed E-state index contributed by atoms with van der Waals surface area (Å²) in [5, 5.41) is 0. The number of piperidine rings is 1. The number of hydrogen-bond donors (Lipinski definition) is 0. The lowest BCUT2D eigenvalue weighted by atomic mass is 10.1. The topological polar surface area (TPSA) is 51.2 Å². The SMILES string of the molecule is COc1ccc(N2CC(CN3CCC(Oc4ccccc4)CC3)OC2=O)cc1. The average molecular weight is 382 g/mol. The van der Waals surface area contributed by atoms with Crippen molar-refractivity contribution in [2.24, 2.45) is 0 Å². The number of benzene rings is 2. The summed E-state index contributed by atoms with van der Waals surface area (Å²) < 4.78 is 16.8. The molecule has 6 nitrogen and oxygen atoms in total. The molecule has 0 spiro atoms. The minimum Gasteiger partial charge on any atom is -0.497 e. The first-order valence-electron chi connectivity index (χ1n) is 9.77. The number of anilines is 1. The van der Waals surface area contributed by atoms with Gasteiger partial charge in [-0.2, -0.15) is 0 Å². The number of hydrogen-bond acceptors (Lipinski definition) is 5. The van der Waals surface area contributed by atoms with Crippen LogP contribution in [-0.4, -0.2) is 56.5 Å². The molecule has 0 bridgehead atoms. The van der Waals surface area contributed by atoms with Crippen LogP contribution >= 0.6 is 0 Å². The number of carbonyl (C=O) groups excluding carboxylic acids is 1. The van der Waals surface area contributed by atoms with Crippen molar-refractivity contribution < 1.29 is 19.0 Å². The van der Waals surface area contributed by atoms with Gasteiger partial charge in [-0.1, -0.05) is 18.2 Å². The summed E-state index contributed by atoms with van der Waals surface area (Å²) >= 11 is 0. The Labute approximate surface area is 165 Å². The molecule has 0 aromatic heterocycles. The molecule has 28 heavy (non-hydrogen) atoms. The third kappa shape index (κ3) is 4.39. The Hall–Kier alpha value is -2.73. The molecule has 2 aliphatic rings. The Kier molecular flexibility index (Phi) is 5.67. The van der Waals surface area contributed by atoms with Gasteiger partial charge in [0.05, 0.1) is 13.7 Å². The lowest BCUT2D eigenvalue weighted by molar-refractivity contribution is 0.0655. The fourth-order valence-corrected chi connectivity index (χ4v) is 3.78. The smallest absolute Gasteiger partial charge is 0.414 e. The molecular weight excluding hydrogens is 356 g/mol. The normalized spacial score (nSPS) is 20.8. The predicted octanol–water partition coefficient (Wildman–Crippen LogP) is 3.56. The quantitative estimate of drug-likeness (QED) is 0.765. The highest BCUT2D eigenvalue weighted by molar-refractivity contribution is 5.89. The molecule has 4 rings (SSSR count). The van der Waals surface area contributed by atoms with Gasteiger partial charge in [0, 0.05) is 25.3 Å². The van der Waals surface area contributed by atoms with Gasteiger partial charge in [-0.15, -0.1) is 0 Å². The number of carbonyl (C=O) groups is 1. The number of ether oxygens (including phenoxy) is 3. The highest BCUT2D eigenvalue weighted by atomic mass is 16.6. The van der Waals surface area contributed by atoms with Crippen molar-refractivity contribution in [2.45, 2.75) is 25.0 Å². The monoisotopic (exact) mass is 382 g/mol. The van der Waals surface area contributed by atoms with E-state index in [2.05, 4.69) is 4.90 Å². The number of rotatable bonds is 6. The highest BCUT2D eigenvalue weighted by Crippen LogP contribution is 2.25. The molecule has 0 saturated carbocycles. The van der Waals surface area contributed by atoms with Crippen molar-refractivity contribution in [3.63, 3.8) is 0 Å². The Bertz CT molecular complexity index is 773. The van der Waals surface area contributed by atoms with E-state index in [1.54, 1.807) is 12.0 Å². The maximum absolute atomic E-state index is 12.3. The van der Waals surface area contributed by atoms with Gasteiger partial charge < -0.3 is 14.2 Å². The Morgan fingerprint density at radius 2 is 1.71 bits per heavy atom. The first kappa shape index (κ1) is 18.6. The fourth-order valence-electron chi connectivity index (χ4n) is 3.78. The van der Waals surface area contributed by atoms with Gasteiger partial charge >= 0.3 is 6.09 Å². The molecule has 1 atom stereocenters. The molecule has 0 aliphatic carbocycles. The van der Waals surface area contributed by atoms with Gasteiger partial charge in [0.25, 0.3) is 0 Å². The number of likely N-dealkylation sites (tertiary alicyclic amines) is 1. The summed E-state index contributed by atoms with van der Waals surface area (Å²) in [6.07, 6.45) is 1.83. The molecule has 2 aromatic carbocycles. The largest absolute Gasteiger partial charge is 0.497 e. The van der Waals surface area contributed by atoms with Gasteiger partial charge in [-0.25, -0.2) is 4.79 Å². The van der Waals surface area contributed by atoms with Gasteiger partial charge in [-0.3, -0.25) is 9.80 Å². The molecule has 2 saturated heterocycles. The first-order chi connectivity index (χ1) is 13.7. The summed E-state index contributed by atoms with van der Waals surface area (Å²) in [4.78, 5) is 16.3. The van der Waals surface area contributed by atoms with Crippen LogP contribution < -0.4 is 14.4 Å². The van der Waals surface area contributed by atoms with Crippen LogP contribution in [0.2, 0.25) is 0 Å². The lowest BCUT2D eigenvalue weighted by Crippen LogP contribution is -2.42. The zero-order valence-electron chi connectivity index (χ0n) is 16.1. The minimum absolute atomic E-state index is 0.110.